The van der Waals surface area contributed by atoms with Gasteiger partial charge in [-0.15, -0.1) is 0 Å². The second-order valence-corrected chi connectivity index (χ2v) is 10.6. The molecule has 33 heavy (non-hydrogen) atoms. The van der Waals surface area contributed by atoms with Crippen molar-refractivity contribution in [3.05, 3.63) is 48.0 Å². The summed E-state index contributed by atoms with van der Waals surface area (Å²) in [5, 5.41) is 2.90. The number of sulfonamides is 1. The number of carbonyl (C=O) groups is 1. The quantitative estimate of drug-likeness (QED) is 0.665. The van der Waals surface area contributed by atoms with E-state index >= 15 is 0 Å². The molecule has 1 unspecified atom stereocenters. The van der Waals surface area contributed by atoms with Crippen LogP contribution in [0.2, 0.25) is 0 Å². The van der Waals surface area contributed by atoms with Crippen LogP contribution in [0.5, 0.6) is 5.75 Å². The molecule has 1 N–H and O–H groups in total. The average molecular weight is 474 g/mol. The molecule has 0 saturated carbocycles. The summed E-state index contributed by atoms with van der Waals surface area (Å²) in [6.07, 6.45) is 0.756. The van der Waals surface area contributed by atoms with E-state index in [1.807, 2.05) is 32.0 Å². The Morgan fingerprint density at radius 1 is 1.18 bits per heavy atom. The molecule has 9 heteroatoms. The Hall–Kier alpha value is -2.62. The number of morpholine rings is 1. The topological polar surface area (TPSA) is 88.2 Å². The normalized spacial score (nSPS) is 18.9. The summed E-state index contributed by atoms with van der Waals surface area (Å²) in [5.74, 6) is 0.210. The minimum absolute atomic E-state index is 0.121. The Morgan fingerprint density at radius 3 is 2.64 bits per heavy atom. The van der Waals surface area contributed by atoms with E-state index in [9.17, 15) is 13.2 Å². The zero-order chi connectivity index (χ0) is 23.6. The lowest BCUT2D eigenvalue weighted by atomic mass is 10.1. The molecule has 1 saturated heterocycles. The lowest BCUT2D eigenvalue weighted by Gasteiger charge is -2.27. The number of hydrogen-bond acceptors (Lipinski definition) is 6. The minimum Gasteiger partial charge on any atom is -0.489 e. The van der Waals surface area contributed by atoms with Crippen molar-refractivity contribution < 1.29 is 22.7 Å². The maximum Gasteiger partial charge on any atom is 0.244 e. The van der Waals surface area contributed by atoms with Crippen LogP contribution < -0.4 is 15.0 Å². The van der Waals surface area contributed by atoms with Crippen LogP contribution in [0.1, 0.15) is 26.3 Å². The van der Waals surface area contributed by atoms with Crippen molar-refractivity contribution >= 4 is 27.3 Å². The predicted molar refractivity (Wildman–Crippen MR) is 127 cm³/mol. The van der Waals surface area contributed by atoms with Crippen LogP contribution in [-0.4, -0.2) is 63.6 Å². The molecular weight excluding hydrogens is 442 g/mol. The number of nitrogens with zero attached hydrogens (tertiary/aromatic N) is 2. The van der Waals surface area contributed by atoms with E-state index in [0.717, 1.165) is 12.1 Å². The Morgan fingerprint density at radius 2 is 1.91 bits per heavy atom. The average Bonchev–Trinajstić information content (AvgIpc) is 3.10. The number of benzene rings is 2. The SMILES string of the molecule is CC(C)Oc1ccc(S(=O)(=O)N2CCOCC2)cc1NC(=O)CN1c2ccccc2CC1C. The van der Waals surface area contributed by atoms with Gasteiger partial charge in [0.25, 0.3) is 0 Å². The van der Waals surface area contributed by atoms with Gasteiger partial charge in [-0.2, -0.15) is 4.31 Å². The number of ether oxygens (including phenoxy) is 2. The Bertz CT molecular complexity index is 1110. The summed E-state index contributed by atoms with van der Waals surface area (Å²) < 4.78 is 38.8. The number of fused-ring (bicyclic) bond motifs is 1. The van der Waals surface area contributed by atoms with Crippen molar-refractivity contribution in [2.45, 2.75) is 44.2 Å². The van der Waals surface area contributed by atoms with Crippen molar-refractivity contribution in [3.63, 3.8) is 0 Å². The number of amides is 1. The Kier molecular flexibility index (Phi) is 6.92. The van der Waals surface area contributed by atoms with Gasteiger partial charge >= 0.3 is 0 Å². The lowest BCUT2D eigenvalue weighted by Crippen LogP contribution is -2.40. The first-order valence-electron chi connectivity index (χ1n) is 11.3. The van der Waals surface area contributed by atoms with E-state index in [1.54, 1.807) is 6.07 Å². The number of para-hydroxylation sites is 1. The fraction of sp³-hybridized carbons (Fsp3) is 0.458. The van der Waals surface area contributed by atoms with Gasteiger partial charge in [-0.3, -0.25) is 4.79 Å². The minimum atomic E-state index is -3.70. The molecule has 4 rings (SSSR count). The maximum atomic E-state index is 13.1. The van der Waals surface area contributed by atoms with Crippen LogP contribution in [0, 0.1) is 0 Å². The third-order valence-corrected chi connectivity index (χ3v) is 7.75. The van der Waals surface area contributed by atoms with Crippen molar-refractivity contribution in [1.29, 1.82) is 0 Å². The van der Waals surface area contributed by atoms with Crippen LogP contribution in [-0.2, 0) is 26.0 Å². The van der Waals surface area contributed by atoms with E-state index in [2.05, 4.69) is 23.2 Å². The third-order valence-electron chi connectivity index (χ3n) is 5.86. The van der Waals surface area contributed by atoms with Crippen LogP contribution in [0.3, 0.4) is 0 Å². The Balaban J connectivity index is 1.57. The molecule has 1 fully saturated rings. The number of hydrogen-bond donors (Lipinski definition) is 1. The molecule has 2 aromatic carbocycles. The molecule has 2 aromatic rings. The van der Waals surface area contributed by atoms with Gasteiger partial charge in [0.1, 0.15) is 5.75 Å². The number of anilines is 2. The molecule has 0 bridgehead atoms. The zero-order valence-corrected chi connectivity index (χ0v) is 20.1. The van der Waals surface area contributed by atoms with Gasteiger partial charge in [0.15, 0.2) is 0 Å². The highest BCUT2D eigenvalue weighted by atomic mass is 32.2. The first kappa shape index (κ1) is 23.5. The van der Waals surface area contributed by atoms with Crippen LogP contribution in [0.25, 0.3) is 0 Å². The predicted octanol–water partition coefficient (Wildman–Crippen LogP) is 2.88. The first-order valence-corrected chi connectivity index (χ1v) is 12.7. The summed E-state index contributed by atoms with van der Waals surface area (Å²) in [6.45, 7) is 7.37. The first-order chi connectivity index (χ1) is 15.8. The highest BCUT2D eigenvalue weighted by molar-refractivity contribution is 7.89. The molecule has 1 amide bonds. The zero-order valence-electron chi connectivity index (χ0n) is 19.3. The molecule has 0 spiro atoms. The molecule has 2 aliphatic rings. The van der Waals surface area contributed by atoms with Gasteiger partial charge in [0.05, 0.1) is 36.4 Å². The summed E-state index contributed by atoms with van der Waals surface area (Å²) in [6, 6.07) is 12.9. The van der Waals surface area contributed by atoms with E-state index < -0.39 is 10.0 Å². The summed E-state index contributed by atoms with van der Waals surface area (Å²) in [4.78, 5) is 15.2. The second kappa shape index (κ2) is 9.70. The molecule has 0 radical (unpaired) electrons. The van der Waals surface area contributed by atoms with Gasteiger partial charge < -0.3 is 19.7 Å². The molecule has 2 aliphatic heterocycles. The van der Waals surface area contributed by atoms with E-state index in [1.165, 1.54) is 22.0 Å². The maximum absolute atomic E-state index is 13.1. The standard InChI is InChI=1S/C24H31N3O5S/c1-17(2)32-23-9-8-20(33(29,30)26-10-12-31-13-11-26)15-21(23)25-24(28)16-27-18(3)14-19-6-4-5-7-22(19)27/h4-9,15,17-18H,10-14,16H2,1-3H3,(H,25,28). The van der Waals surface area contributed by atoms with Crippen LogP contribution in [0.15, 0.2) is 47.4 Å². The van der Waals surface area contributed by atoms with Crippen molar-refractivity contribution in [2.75, 3.05) is 43.1 Å². The van der Waals surface area contributed by atoms with Gasteiger partial charge in [-0.05, 0) is 57.0 Å². The van der Waals surface area contributed by atoms with Crippen LogP contribution in [0.4, 0.5) is 11.4 Å². The molecule has 8 nitrogen and oxygen atoms in total. The Labute approximate surface area is 195 Å². The molecule has 2 heterocycles. The van der Waals surface area contributed by atoms with Crippen molar-refractivity contribution in [1.82, 2.24) is 4.31 Å². The molecule has 178 valence electrons. The third kappa shape index (κ3) is 5.15. The van der Waals surface area contributed by atoms with E-state index in [-0.39, 0.29) is 29.5 Å². The summed E-state index contributed by atoms with van der Waals surface area (Å²) in [7, 11) is -3.70. The van der Waals surface area contributed by atoms with Crippen LogP contribution >= 0.6 is 0 Å². The number of carbonyl (C=O) groups excluding carboxylic acids is 1. The number of rotatable bonds is 7. The highest BCUT2D eigenvalue weighted by Crippen LogP contribution is 2.33. The van der Waals surface area contributed by atoms with Gasteiger partial charge in [0, 0.05) is 24.8 Å². The highest BCUT2D eigenvalue weighted by Gasteiger charge is 2.29. The van der Waals surface area contributed by atoms with Crippen molar-refractivity contribution in [3.8, 4) is 5.75 Å². The smallest absolute Gasteiger partial charge is 0.244 e. The molecular formula is C24H31N3O5S. The number of nitrogens with one attached hydrogen (secondary N) is 1. The van der Waals surface area contributed by atoms with Gasteiger partial charge in [-0.25, -0.2) is 8.42 Å². The fourth-order valence-corrected chi connectivity index (χ4v) is 5.71. The summed E-state index contributed by atoms with van der Waals surface area (Å²) >= 11 is 0. The van der Waals surface area contributed by atoms with Gasteiger partial charge in [-0.1, -0.05) is 18.2 Å². The largest absolute Gasteiger partial charge is 0.489 e. The van der Waals surface area contributed by atoms with E-state index in [0.29, 0.717) is 37.7 Å². The monoisotopic (exact) mass is 473 g/mol. The van der Waals surface area contributed by atoms with E-state index in [4.69, 9.17) is 9.47 Å². The molecule has 1 atom stereocenters. The lowest BCUT2D eigenvalue weighted by molar-refractivity contribution is -0.115. The van der Waals surface area contributed by atoms with Crippen molar-refractivity contribution in [2.24, 2.45) is 0 Å². The van der Waals surface area contributed by atoms with Gasteiger partial charge in [0.2, 0.25) is 15.9 Å². The molecule has 0 aromatic heterocycles. The summed E-state index contributed by atoms with van der Waals surface area (Å²) in [5.41, 5.74) is 2.63. The second-order valence-electron chi connectivity index (χ2n) is 8.70. The fourth-order valence-electron chi connectivity index (χ4n) is 4.27. The molecule has 0 aliphatic carbocycles.